The lowest BCUT2D eigenvalue weighted by Gasteiger charge is -2.32. The summed E-state index contributed by atoms with van der Waals surface area (Å²) in [6, 6.07) is 5.24. The molecule has 0 spiro atoms. The summed E-state index contributed by atoms with van der Waals surface area (Å²) in [6.07, 6.45) is -2.57. The Morgan fingerprint density at radius 1 is 1.15 bits per heavy atom. The van der Waals surface area contributed by atoms with Crippen LogP contribution in [0, 0.1) is 0 Å². The van der Waals surface area contributed by atoms with Crippen molar-refractivity contribution in [2.45, 2.75) is 32.4 Å². The number of anilines is 3. The van der Waals surface area contributed by atoms with E-state index in [-0.39, 0.29) is 24.2 Å². The van der Waals surface area contributed by atoms with Gasteiger partial charge in [-0.15, -0.1) is 0 Å². The van der Waals surface area contributed by atoms with Crippen LogP contribution in [0.4, 0.5) is 35.4 Å². The molecule has 2 N–H and O–H groups in total. The van der Waals surface area contributed by atoms with Crippen molar-refractivity contribution in [3.05, 3.63) is 41.1 Å². The number of halogens is 3. The maximum Gasteiger partial charge on any atom is 0.421 e. The lowest BCUT2D eigenvalue weighted by atomic mass is 10.0. The summed E-state index contributed by atoms with van der Waals surface area (Å²) in [5, 5.41) is 5.76. The standard InChI is InChI=1S/C26H34F3N7O3/c1-3-18-16-19(23(37)35-13-11-34(2)12-14-35)6-7-21(18)32-24-31-17-20(26(27,28)29)22(33-24)30-8-4-9-36-10-5-15-39-25(36)38/h6-7,16-17H,3-5,8-15H2,1-2H3,(H2,30,31,32,33). The zero-order chi connectivity index (χ0) is 28.0. The third-order valence-corrected chi connectivity index (χ3v) is 6.82. The van der Waals surface area contributed by atoms with Gasteiger partial charge in [0.05, 0.1) is 6.61 Å². The molecule has 2 fully saturated rings. The molecule has 4 rings (SSSR count). The fourth-order valence-corrected chi connectivity index (χ4v) is 4.52. The average molecular weight is 550 g/mol. The number of benzene rings is 1. The number of hydrogen-bond donors (Lipinski definition) is 2. The molecule has 39 heavy (non-hydrogen) atoms. The summed E-state index contributed by atoms with van der Waals surface area (Å²) in [5.74, 6) is -0.390. The van der Waals surface area contributed by atoms with Crippen molar-refractivity contribution in [1.29, 1.82) is 0 Å². The van der Waals surface area contributed by atoms with Gasteiger partial charge in [0.15, 0.2) is 0 Å². The molecule has 2 aromatic rings. The molecule has 10 nitrogen and oxygen atoms in total. The normalized spacial score (nSPS) is 16.7. The van der Waals surface area contributed by atoms with Gasteiger partial charge in [-0.1, -0.05) is 6.92 Å². The Balaban J connectivity index is 1.45. The lowest BCUT2D eigenvalue weighted by molar-refractivity contribution is -0.137. The van der Waals surface area contributed by atoms with Gasteiger partial charge in [-0.25, -0.2) is 9.78 Å². The number of aryl methyl sites for hydroxylation is 1. The predicted molar refractivity (Wildman–Crippen MR) is 140 cm³/mol. The summed E-state index contributed by atoms with van der Waals surface area (Å²) < 4.78 is 45.9. The number of alkyl halides is 3. The molecule has 2 amide bonds. The second-order valence-electron chi connectivity index (χ2n) is 9.63. The van der Waals surface area contributed by atoms with Crippen LogP contribution in [0.5, 0.6) is 0 Å². The van der Waals surface area contributed by atoms with E-state index in [1.165, 1.54) is 4.90 Å². The van der Waals surface area contributed by atoms with E-state index in [0.717, 1.165) is 31.3 Å². The van der Waals surface area contributed by atoms with Crippen LogP contribution in [0.25, 0.3) is 0 Å². The molecule has 13 heteroatoms. The maximum absolute atomic E-state index is 13.6. The molecule has 1 aromatic heterocycles. The number of aromatic nitrogens is 2. The van der Waals surface area contributed by atoms with Crippen LogP contribution >= 0.6 is 0 Å². The number of nitrogens with zero attached hydrogens (tertiary/aromatic N) is 5. The van der Waals surface area contributed by atoms with Crippen LogP contribution in [0.1, 0.15) is 41.3 Å². The SMILES string of the molecule is CCc1cc(C(=O)N2CCN(C)CC2)ccc1Nc1ncc(C(F)(F)F)c(NCCCN2CCCOC2=O)n1. The second kappa shape index (κ2) is 12.5. The zero-order valence-corrected chi connectivity index (χ0v) is 22.2. The van der Waals surface area contributed by atoms with Crippen LogP contribution in [0.15, 0.2) is 24.4 Å². The number of nitrogens with one attached hydrogen (secondary N) is 2. The number of hydrogen-bond acceptors (Lipinski definition) is 8. The second-order valence-corrected chi connectivity index (χ2v) is 9.63. The summed E-state index contributed by atoms with van der Waals surface area (Å²) in [7, 11) is 2.02. The molecule has 2 aliphatic rings. The quantitative estimate of drug-likeness (QED) is 0.455. The van der Waals surface area contributed by atoms with E-state index in [9.17, 15) is 22.8 Å². The number of carbonyl (C=O) groups is 2. The van der Waals surface area contributed by atoms with Crippen molar-refractivity contribution in [2.24, 2.45) is 0 Å². The first-order chi connectivity index (χ1) is 18.7. The molecule has 0 atom stereocenters. The highest BCUT2D eigenvalue weighted by Crippen LogP contribution is 2.34. The van der Waals surface area contributed by atoms with Gasteiger partial charge in [0.25, 0.3) is 5.91 Å². The van der Waals surface area contributed by atoms with Crippen LogP contribution < -0.4 is 10.6 Å². The molecule has 2 aliphatic heterocycles. The first-order valence-corrected chi connectivity index (χ1v) is 13.1. The molecule has 0 radical (unpaired) electrons. The van der Waals surface area contributed by atoms with E-state index in [4.69, 9.17) is 4.74 Å². The lowest BCUT2D eigenvalue weighted by Crippen LogP contribution is -2.47. The van der Waals surface area contributed by atoms with Crippen LogP contribution in [0.2, 0.25) is 0 Å². The van der Waals surface area contributed by atoms with Crippen molar-refractivity contribution in [2.75, 3.05) is 70.1 Å². The van der Waals surface area contributed by atoms with E-state index in [2.05, 4.69) is 25.5 Å². The highest BCUT2D eigenvalue weighted by atomic mass is 19.4. The third-order valence-electron chi connectivity index (χ3n) is 6.82. The molecule has 0 bridgehead atoms. The van der Waals surface area contributed by atoms with Crippen molar-refractivity contribution in [1.82, 2.24) is 24.7 Å². The Bertz CT molecular complexity index is 1170. The summed E-state index contributed by atoms with van der Waals surface area (Å²) in [6.45, 7) is 6.37. The number of likely N-dealkylation sites (N-methyl/N-ethyl adjacent to an activating group) is 1. The Morgan fingerprint density at radius 3 is 2.62 bits per heavy atom. The number of ether oxygens (including phenoxy) is 1. The number of carbonyl (C=O) groups excluding carboxylic acids is 2. The van der Waals surface area contributed by atoms with Crippen molar-refractivity contribution >= 4 is 29.5 Å². The van der Waals surface area contributed by atoms with E-state index in [1.54, 1.807) is 18.2 Å². The van der Waals surface area contributed by atoms with Crippen LogP contribution in [0.3, 0.4) is 0 Å². The molecule has 1 aromatic carbocycles. The molecular formula is C26H34F3N7O3. The topological polar surface area (TPSA) is 103 Å². The van der Waals surface area contributed by atoms with Gasteiger partial charge in [0, 0.05) is 63.3 Å². The zero-order valence-electron chi connectivity index (χ0n) is 22.2. The molecule has 0 unspecified atom stereocenters. The Morgan fingerprint density at radius 2 is 1.92 bits per heavy atom. The van der Waals surface area contributed by atoms with Gasteiger partial charge < -0.3 is 30.1 Å². The number of piperazine rings is 1. The predicted octanol–water partition coefficient (Wildman–Crippen LogP) is 3.83. The summed E-state index contributed by atoms with van der Waals surface area (Å²) in [4.78, 5) is 38.3. The number of cyclic esters (lactones) is 1. The monoisotopic (exact) mass is 549 g/mol. The minimum atomic E-state index is -4.64. The van der Waals surface area contributed by atoms with Gasteiger partial charge in [-0.2, -0.15) is 18.2 Å². The van der Waals surface area contributed by atoms with Gasteiger partial charge in [-0.05, 0) is 50.1 Å². The fraction of sp³-hybridized carbons (Fsp3) is 0.538. The molecule has 0 aliphatic carbocycles. The van der Waals surface area contributed by atoms with E-state index in [1.807, 2.05) is 18.9 Å². The largest absolute Gasteiger partial charge is 0.449 e. The smallest absolute Gasteiger partial charge is 0.421 e. The molecule has 3 heterocycles. The fourth-order valence-electron chi connectivity index (χ4n) is 4.52. The molecule has 212 valence electrons. The first-order valence-electron chi connectivity index (χ1n) is 13.1. The highest BCUT2D eigenvalue weighted by molar-refractivity contribution is 5.95. The molecular weight excluding hydrogens is 515 g/mol. The molecule has 2 saturated heterocycles. The van der Waals surface area contributed by atoms with E-state index < -0.39 is 17.8 Å². The van der Waals surface area contributed by atoms with Crippen molar-refractivity contribution < 1.29 is 27.5 Å². The van der Waals surface area contributed by atoms with Gasteiger partial charge in [0.1, 0.15) is 11.4 Å². The summed E-state index contributed by atoms with van der Waals surface area (Å²) in [5.41, 5.74) is 1.02. The minimum absolute atomic E-state index is 0.00190. The van der Waals surface area contributed by atoms with E-state index in [0.29, 0.717) is 56.9 Å². The molecule has 0 saturated carbocycles. The van der Waals surface area contributed by atoms with Crippen LogP contribution in [-0.2, 0) is 17.3 Å². The van der Waals surface area contributed by atoms with Crippen molar-refractivity contribution in [3.8, 4) is 0 Å². The number of rotatable bonds is 9. The van der Waals surface area contributed by atoms with Gasteiger partial charge in [-0.3, -0.25) is 4.79 Å². The van der Waals surface area contributed by atoms with Crippen molar-refractivity contribution in [3.63, 3.8) is 0 Å². The van der Waals surface area contributed by atoms with Gasteiger partial charge >= 0.3 is 12.3 Å². The maximum atomic E-state index is 13.6. The Labute approximate surface area is 225 Å². The highest BCUT2D eigenvalue weighted by Gasteiger charge is 2.35. The summed E-state index contributed by atoms with van der Waals surface area (Å²) >= 11 is 0. The van der Waals surface area contributed by atoms with Gasteiger partial charge in [0.2, 0.25) is 5.95 Å². The Kier molecular flexibility index (Phi) is 9.10. The third kappa shape index (κ3) is 7.28. The average Bonchev–Trinajstić information content (AvgIpc) is 2.92. The van der Waals surface area contributed by atoms with E-state index >= 15 is 0 Å². The number of amides is 2. The first kappa shape index (κ1) is 28.4. The van der Waals surface area contributed by atoms with Crippen LogP contribution in [-0.4, -0.2) is 96.1 Å². The minimum Gasteiger partial charge on any atom is -0.449 e. The Hall–Kier alpha value is -3.61.